The fourth-order valence-electron chi connectivity index (χ4n) is 3.64. The fraction of sp³-hybridized carbons (Fsp3) is 0.381. The van der Waals surface area contributed by atoms with Crippen molar-refractivity contribution in [3.63, 3.8) is 0 Å². The van der Waals surface area contributed by atoms with Crippen LogP contribution in [0.4, 0.5) is 13.2 Å². The summed E-state index contributed by atoms with van der Waals surface area (Å²) in [5, 5.41) is 7.78. The molecule has 0 aliphatic carbocycles. The summed E-state index contributed by atoms with van der Waals surface area (Å²) in [4.78, 5) is 13.2. The Morgan fingerprint density at radius 2 is 1.54 bits per heavy atom. The summed E-state index contributed by atoms with van der Waals surface area (Å²) in [7, 11) is -8.12. The van der Waals surface area contributed by atoms with E-state index in [0.717, 1.165) is 28.1 Å². The van der Waals surface area contributed by atoms with Crippen LogP contribution in [0.1, 0.15) is 11.1 Å². The van der Waals surface area contributed by atoms with Crippen LogP contribution in [0.3, 0.4) is 0 Å². The molecule has 9 nitrogen and oxygen atoms in total. The van der Waals surface area contributed by atoms with Crippen LogP contribution in [-0.4, -0.2) is 71.2 Å². The Hall–Kier alpha value is -2.52. The first-order valence-electron chi connectivity index (χ1n) is 10.6. The maximum absolute atomic E-state index is 13.3. The minimum absolute atomic E-state index is 0.00617. The smallest absolute Gasteiger partial charge is 0.355 e. The predicted molar refractivity (Wildman–Crippen MR) is 121 cm³/mol. The van der Waals surface area contributed by atoms with Gasteiger partial charge in [0.15, 0.2) is 0 Å². The highest BCUT2D eigenvalue weighted by atomic mass is 32.2. The second-order valence-electron chi connectivity index (χ2n) is 7.96. The van der Waals surface area contributed by atoms with Crippen molar-refractivity contribution in [2.75, 3.05) is 39.3 Å². The SMILES string of the molecule is NS(=O)(=O)c1ccc(CCNC(=O)CN2CCN(S(=O)(=O)c3ccccc3C(F)(F)F)CC2)cc1. The number of carbonyl (C=O) groups excluding carboxylic acids is 1. The molecule has 14 heteroatoms. The largest absolute Gasteiger partial charge is 0.417 e. The van der Waals surface area contributed by atoms with E-state index in [-0.39, 0.29) is 43.5 Å². The Morgan fingerprint density at radius 1 is 0.943 bits per heavy atom. The lowest BCUT2D eigenvalue weighted by Gasteiger charge is -2.34. The number of hydrogen-bond acceptors (Lipinski definition) is 6. The highest BCUT2D eigenvalue weighted by molar-refractivity contribution is 7.89. The minimum Gasteiger partial charge on any atom is -0.355 e. The van der Waals surface area contributed by atoms with Gasteiger partial charge in [-0.1, -0.05) is 24.3 Å². The molecule has 1 fully saturated rings. The summed E-state index contributed by atoms with van der Waals surface area (Å²) < 4.78 is 89.0. The van der Waals surface area contributed by atoms with Gasteiger partial charge in [0, 0.05) is 32.7 Å². The summed E-state index contributed by atoms with van der Waals surface area (Å²) in [5.74, 6) is -0.287. The quantitative estimate of drug-likeness (QED) is 0.520. The van der Waals surface area contributed by atoms with E-state index in [0.29, 0.717) is 13.0 Å². The number of benzene rings is 2. The van der Waals surface area contributed by atoms with Gasteiger partial charge >= 0.3 is 6.18 Å². The number of nitrogens with zero attached hydrogens (tertiary/aromatic N) is 2. The molecule has 35 heavy (non-hydrogen) atoms. The molecule has 1 saturated heterocycles. The highest BCUT2D eigenvalue weighted by Gasteiger charge is 2.39. The number of sulfonamides is 2. The molecule has 0 atom stereocenters. The number of amides is 1. The van der Waals surface area contributed by atoms with E-state index in [1.54, 1.807) is 17.0 Å². The molecule has 192 valence electrons. The first-order valence-corrected chi connectivity index (χ1v) is 13.5. The lowest BCUT2D eigenvalue weighted by atomic mass is 10.1. The number of nitrogens with one attached hydrogen (secondary N) is 1. The fourth-order valence-corrected chi connectivity index (χ4v) is 5.79. The molecule has 1 heterocycles. The van der Waals surface area contributed by atoms with E-state index in [9.17, 15) is 34.8 Å². The van der Waals surface area contributed by atoms with Gasteiger partial charge < -0.3 is 5.32 Å². The number of rotatable bonds is 8. The average molecular weight is 535 g/mol. The van der Waals surface area contributed by atoms with Crippen molar-refractivity contribution in [1.29, 1.82) is 0 Å². The number of halogens is 3. The molecule has 3 rings (SSSR count). The minimum atomic E-state index is -4.80. The summed E-state index contributed by atoms with van der Waals surface area (Å²) in [6.45, 7) is 0.607. The van der Waals surface area contributed by atoms with Gasteiger partial charge in [-0.3, -0.25) is 9.69 Å². The molecule has 0 bridgehead atoms. The van der Waals surface area contributed by atoms with Gasteiger partial charge in [-0.05, 0) is 36.2 Å². The topological polar surface area (TPSA) is 130 Å². The van der Waals surface area contributed by atoms with Crippen LogP contribution in [0, 0.1) is 0 Å². The zero-order chi connectivity index (χ0) is 25.9. The van der Waals surface area contributed by atoms with Crippen molar-refractivity contribution in [3.8, 4) is 0 Å². The molecule has 0 radical (unpaired) electrons. The number of nitrogens with two attached hydrogens (primary N) is 1. The monoisotopic (exact) mass is 534 g/mol. The molecular formula is C21H25F3N4O5S2. The van der Waals surface area contributed by atoms with Crippen LogP contribution >= 0.6 is 0 Å². The van der Waals surface area contributed by atoms with Crippen molar-refractivity contribution in [2.45, 2.75) is 22.4 Å². The lowest BCUT2D eigenvalue weighted by molar-refractivity contribution is -0.140. The van der Waals surface area contributed by atoms with Crippen LogP contribution in [-0.2, 0) is 37.4 Å². The molecule has 1 aliphatic rings. The van der Waals surface area contributed by atoms with E-state index in [1.165, 1.54) is 18.2 Å². The van der Waals surface area contributed by atoms with Crippen molar-refractivity contribution in [2.24, 2.45) is 5.14 Å². The van der Waals surface area contributed by atoms with Crippen molar-refractivity contribution in [1.82, 2.24) is 14.5 Å². The Kier molecular flexibility index (Phi) is 8.21. The first-order chi connectivity index (χ1) is 16.3. The van der Waals surface area contributed by atoms with Crippen LogP contribution in [0.25, 0.3) is 0 Å². The summed E-state index contributed by atoms with van der Waals surface area (Å²) >= 11 is 0. The predicted octanol–water partition coefficient (Wildman–Crippen LogP) is 1.02. The normalized spacial score (nSPS) is 16.2. The van der Waals surface area contributed by atoms with E-state index >= 15 is 0 Å². The number of hydrogen-bond donors (Lipinski definition) is 2. The molecular weight excluding hydrogens is 509 g/mol. The number of carbonyl (C=O) groups is 1. The van der Waals surface area contributed by atoms with E-state index in [4.69, 9.17) is 5.14 Å². The zero-order valence-corrected chi connectivity index (χ0v) is 20.2. The Morgan fingerprint density at radius 3 is 2.11 bits per heavy atom. The molecule has 0 aromatic heterocycles. The van der Waals surface area contributed by atoms with Crippen molar-refractivity contribution < 1.29 is 34.8 Å². The van der Waals surface area contributed by atoms with Crippen LogP contribution < -0.4 is 10.5 Å². The maximum Gasteiger partial charge on any atom is 0.417 e. The Balaban J connectivity index is 1.48. The van der Waals surface area contributed by atoms with E-state index in [2.05, 4.69) is 5.32 Å². The van der Waals surface area contributed by atoms with E-state index < -0.39 is 36.7 Å². The van der Waals surface area contributed by atoms with Gasteiger partial charge in [0.25, 0.3) is 0 Å². The summed E-state index contributed by atoms with van der Waals surface area (Å²) in [6.07, 6.45) is -4.34. The van der Waals surface area contributed by atoms with Gasteiger partial charge in [-0.15, -0.1) is 0 Å². The van der Waals surface area contributed by atoms with Crippen LogP contribution in [0.2, 0.25) is 0 Å². The average Bonchev–Trinajstić information content (AvgIpc) is 2.78. The number of primary sulfonamides is 1. The molecule has 1 amide bonds. The van der Waals surface area contributed by atoms with Gasteiger partial charge in [-0.2, -0.15) is 17.5 Å². The van der Waals surface area contributed by atoms with Crippen molar-refractivity contribution >= 4 is 26.0 Å². The lowest BCUT2D eigenvalue weighted by Crippen LogP contribution is -2.51. The van der Waals surface area contributed by atoms with Crippen LogP contribution in [0.15, 0.2) is 58.3 Å². The highest BCUT2D eigenvalue weighted by Crippen LogP contribution is 2.35. The molecule has 1 aliphatic heterocycles. The van der Waals surface area contributed by atoms with Gasteiger partial charge in [0.1, 0.15) is 0 Å². The number of piperazine rings is 1. The molecule has 3 N–H and O–H groups in total. The molecule has 2 aromatic carbocycles. The van der Waals surface area contributed by atoms with E-state index in [1.807, 2.05) is 0 Å². The second kappa shape index (κ2) is 10.6. The Bertz CT molecular complexity index is 1260. The third kappa shape index (κ3) is 7.01. The molecule has 0 unspecified atom stereocenters. The third-order valence-electron chi connectivity index (χ3n) is 5.50. The van der Waals surface area contributed by atoms with Crippen molar-refractivity contribution in [3.05, 3.63) is 59.7 Å². The molecule has 2 aromatic rings. The molecule has 0 saturated carbocycles. The maximum atomic E-state index is 13.3. The standard InChI is InChI=1S/C21H25F3N4O5S2/c22-21(23,24)18-3-1-2-4-19(18)35(32,33)28-13-11-27(12-14-28)15-20(29)26-10-9-16-5-7-17(8-6-16)34(25,30)31/h1-8H,9-15H2,(H,26,29)(H2,25,30,31). The van der Waals surface area contributed by atoms with Gasteiger partial charge in [0.2, 0.25) is 26.0 Å². The summed E-state index contributed by atoms with van der Waals surface area (Å²) in [5.41, 5.74) is -0.406. The zero-order valence-electron chi connectivity index (χ0n) is 18.5. The third-order valence-corrected chi connectivity index (χ3v) is 8.38. The second-order valence-corrected chi connectivity index (χ2v) is 11.4. The first kappa shape index (κ1) is 27.1. The Labute approximate surface area is 201 Å². The summed E-state index contributed by atoms with van der Waals surface area (Å²) in [6, 6.07) is 10.0. The number of alkyl halides is 3. The van der Waals surface area contributed by atoms with Crippen LogP contribution in [0.5, 0.6) is 0 Å². The molecule has 0 spiro atoms. The van der Waals surface area contributed by atoms with Gasteiger partial charge in [-0.25, -0.2) is 22.0 Å². The van der Waals surface area contributed by atoms with Gasteiger partial charge in [0.05, 0.1) is 21.9 Å².